The Morgan fingerprint density at radius 3 is 2.58 bits per heavy atom. The Kier molecular flexibility index (Phi) is 11.7. The second-order valence-corrected chi connectivity index (χ2v) is 18.9. The van der Waals surface area contributed by atoms with E-state index < -0.39 is 115 Å². The van der Waals surface area contributed by atoms with Crippen molar-refractivity contribution in [3.63, 3.8) is 0 Å². The van der Waals surface area contributed by atoms with E-state index in [9.17, 15) is 37.7 Å². The molecule has 4 N–H and O–H groups in total. The van der Waals surface area contributed by atoms with Gasteiger partial charge in [0.25, 0.3) is 21.6 Å². The molecule has 5 aromatic rings. The Hall–Kier alpha value is -5.59. The molecule has 9 rings (SSSR count). The lowest BCUT2D eigenvalue weighted by molar-refractivity contribution is -0.184. The minimum Gasteiger partial charge on any atom is -0.396 e. The van der Waals surface area contributed by atoms with Gasteiger partial charge in [0.05, 0.1) is 63.4 Å². The monoisotopic (exact) mass is 925 g/mol. The lowest BCUT2D eigenvalue weighted by Crippen LogP contribution is -2.47. The molecule has 4 aromatic heterocycles. The van der Waals surface area contributed by atoms with Gasteiger partial charge in [0.15, 0.2) is 40.6 Å². The molecular formula is C37H40N11O14PS. The number of H-pyrrole nitrogens is 1. The van der Waals surface area contributed by atoms with Crippen LogP contribution in [0.25, 0.3) is 22.3 Å². The largest absolute Gasteiger partial charge is 0.475 e. The highest BCUT2D eigenvalue weighted by Crippen LogP contribution is 2.58. The zero-order valence-corrected chi connectivity index (χ0v) is 35.6. The number of phosphoric acid groups is 1. The van der Waals surface area contributed by atoms with Gasteiger partial charge in [0.2, 0.25) is 11.9 Å². The topological polar surface area (TPSA) is 325 Å². The fourth-order valence-electron chi connectivity index (χ4n) is 7.94. The number of aliphatic hydroxyl groups is 1. The number of carbonyl (C=O) groups is 2. The molecule has 0 aliphatic carbocycles. The molecule has 1 aromatic carbocycles. The first-order valence-corrected chi connectivity index (χ1v) is 23.0. The molecule has 2 amide bonds. The standard InChI is InChI=1S/C37H40N11O14PS/c1-19(2)31(50)45-36-44-30-24(33(52)46-36)42-18-48(30)34-25-21(13-49)22(59-34)9-12-64(54,55)62-27-26-35(60-37(27,14-56-26)15-58-63(53,61-25)57-11-6-10-38)47-17-41-23-28(39-16-40-29(23)47)43-32(51)20-7-4-3-5-8-20/h3-5,7-8,16-19,21-22,25-27,34-35,49H,6,9,11-15H2,1-2H3,(H,39,40,43,51)(H2,44,45,46,50,52)/t21-,22-,25-,26-,27+,34-,35-,37-,63?/m1/s1. The Balaban J connectivity index is 1.06. The first-order chi connectivity index (χ1) is 30.7. The van der Waals surface area contributed by atoms with Gasteiger partial charge in [-0.3, -0.25) is 51.6 Å². The Morgan fingerprint density at radius 2 is 1.83 bits per heavy atom. The maximum atomic E-state index is 14.9. The molecule has 0 radical (unpaired) electrons. The SMILES string of the molecule is CC(C)C(=O)Nc1nc2c(ncn2[C@@H]2O[C@@H]3CCS(=O)(=O)O[C@H]4[C@H]5OC[C@]4(COP(=O)(OCCC#N)O[C@@H]2[C@@H]3CO)O[C@H]5n2cnc3c(NC(=O)c4ccccc4)ncnc32)c(=O)[nH]1. The number of hydrogen-bond acceptors (Lipinski definition) is 20. The van der Waals surface area contributed by atoms with Crippen LogP contribution in [0.4, 0.5) is 11.8 Å². The van der Waals surface area contributed by atoms with Gasteiger partial charge in [-0.05, 0) is 18.6 Å². The minimum absolute atomic E-state index is 0.0816. The molecule has 4 bridgehead atoms. The van der Waals surface area contributed by atoms with Crippen LogP contribution in [0.2, 0.25) is 0 Å². The van der Waals surface area contributed by atoms with Crippen molar-refractivity contribution in [3.05, 3.63) is 65.2 Å². The highest BCUT2D eigenvalue weighted by molar-refractivity contribution is 7.86. The number of aromatic nitrogens is 8. The number of hydrogen-bond donors (Lipinski definition) is 4. The maximum absolute atomic E-state index is 14.9. The van der Waals surface area contributed by atoms with Gasteiger partial charge in [-0.2, -0.15) is 18.7 Å². The van der Waals surface area contributed by atoms with E-state index in [0.717, 1.165) is 0 Å². The Bertz CT molecular complexity index is 2870. The summed E-state index contributed by atoms with van der Waals surface area (Å²) in [5.74, 6) is -3.27. The fourth-order valence-corrected chi connectivity index (χ4v) is 10.6. The number of anilines is 2. The molecule has 338 valence electrons. The number of nitrogens with one attached hydrogen (secondary N) is 3. The molecule has 25 nitrogen and oxygen atoms in total. The van der Waals surface area contributed by atoms with Crippen molar-refractivity contribution >= 4 is 63.8 Å². The van der Waals surface area contributed by atoms with Crippen molar-refractivity contribution in [1.29, 1.82) is 5.26 Å². The molecule has 4 aliphatic heterocycles. The summed E-state index contributed by atoms with van der Waals surface area (Å²) in [5.41, 5.74) is -2.09. The number of benzene rings is 1. The number of imidazole rings is 2. The second-order valence-electron chi connectivity index (χ2n) is 15.6. The van der Waals surface area contributed by atoms with Crippen LogP contribution in [-0.2, 0) is 51.4 Å². The third-order valence-electron chi connectivity index (χ3n) is 11.1. The first kappa shape index (κ1) is 43.7. The summed E-state index contributed by atoms with van der Waals surface area (Å²) in [4.78, 5) is 62.6. The summed E-state index contributed by atoms with van der Waals surface area (Å²) >= 11 is 0. The summed E-state index contributed by atoms with van der Waals surface area (Å²) in [6.07, 6.45) is -4.57. The van der Waals surface area contributed by atoms with Gasteiger partial charge in [-0.1, -0.05) is 32.0 Å². The van der Waals surface area contributed by atoms with Crippen LogP contribution in [0.3, 0.4) is 0 Å². The summed E-state index contributed by atoms with van der Waals surface area (Å²) < 4.78 is 88.2. The first-order valence-electron chi connectivity index (χ1n) is 19.9. The smallest absolute Gasteiger partial charge is 0.396 e. The van der Waals surface area contributed by atoms with Crippen molar-refractivity contribution in [1.82, 2.24) is 39.0 Å². The summed E-state index contributed by atoms with van der Waals surface area (Å²) in [7, 11) is -9.38. The zero-order chi connectivity index (χ0) is 45.0. The van der Waals surface area contributed by atoms with Gasteiger partial charge in [-0.25, -0.2) is 24.5 Å². The number of fused-ring (bicyclic) bond motifs is 4. The predicted molar refractivity (Wildman–Crippen MR) is 216 cm³/mol. The average Bonchev–Trinajstić information content (AvgIpc) is 4.10. The van der Waals surface area contributed by atoms with E-state index >= 15 is 0 Å². The van der Waals surface area contributed by atoms with E-state index in [2.05, 4.69) is 40.5 Å². The molecule has 0 saturated carbocycles. The van der Waals surface area contributed by atoms with E-state index in [-0.39, 0.29) is 53.5 Å². The number of aliphatic hydroxyl groups excluding tert-OH is 1. The van der Waals surface area contributed by atoms with Crippen LogP contribution in [0.5, 0.6) is 0 Å². The third-order valence-corrected chi connectivity index (χ3v) is 13.8. The molecule has 4 fully saturated rings. The average molecular weight is 926 g/mol. The molecule has 8 heterocycles. The molecule has 9 atom stereocenters. The van der Waals surface area contributed by atoms with Gasteiger partial charge in [-0.15, -0.1) is 0 Å². The number of aromatic amines is 1. The highest BCUT2D eigenvalue weighted by atomic mass is 32.2. The van der Waals surface area contributed by atoms with Gasteiger partial charge < -0.3 is 24.6 Å². The van der Waals surface area contributed by atoms with Crippen molar-refractivity contribution in [3.8, 4) is 6.07 Å². The molecule has 4 saturated heterocycles. The lowest BCUT2D eigenvalue weighted by atomic mass is 9.97. The fraction of sp³-hybridized carbons (Fsp3) is 0.486. The quantitative estimate of drug-likeness (QED) is 0.0876. The molecule has 1 unspecified atom stereocenters. The van der Waals surface area contributed by atoms with Crippen molar-refractivity contribution < 1.29 is 59.6 Å². The Morgan fingerprint density at radius 1 is 1.06 bits per heavy atom. The summed E-state index contributed by atoms with van der Waals surface area (Å²) in [6.45, 7) is 1.10. The maximum Gasteiger partial charge on any atom is 0.475 e. The number of ether oxygens (including phenoxy) is 3. The molecular weight excluding hydrogens is 886 g/mol. The number of amides is 2. The predicted octanol–water partition coefficient (Wildman–Crippen LogP) is 1.54. The number of phosphoric ester groups is 1. The lowest BCUT2D eigenvalue weighted by Gasteiger charge is -2.33. The molecule has 64 heavy (non-hydrogen) atoms. The summed E-state index contributed by atoms with van der Waals surface area (Å²) in [5, 5.41) is 25.4. The van der Waals surface area contributed by atoms with Crippen LogP contribution in [0.1, 0.15) is 49.5 Å². The second kappa shape index (κ2) is 17.1. The number of rotatable bonds is 10. The van der Waals surface area contributed by atoms with Crippen molar-refractivity contribution in [2.24, 2.45) is 11.8 Å². The van der Waals surface area contributed by atoms with Crippen LogP contribution in [-0.4, -0.2) is 127 Å². The van der Waals surface area contributed by atoms with E-state index in [0.29, 0.717) is 5.56 Å². The van der Waals surface area contributed by atoms with E-state index in [1.54, 1.807) is 44.2 Å². The minimum atomic E-state index is -4.88. The third kappa shape index (κ3) is 8.08. The highest BCUT2D eigenvalue weighted by Gasteiger charge is 2.66. The molecule has 27 heteroatoms. The number of nitrogens with zero attached hydrogens (tertiary/aromatic N) is 8. The molecule has 0 spiro atoms. The van der Waals surface area contributed by atoms with Crippen LogP contribution in [0.15, 0.2) is 54.1 Å². The van der Waals surface area contributed by atoms with E-state index in [1.807, 2.05) is 6.07 Å². The van der Waals surface area contributed by atoms with Crippen LogP contribution >= 0.6 is 7.82 Å². The van der Waals surface area contributed by atoms with E-state index in [4.69, 9.17) is 32.0 Å². The normalized spacial score (nSPS) is 30.0. The van der Waals surface area contributed by atoms with Crippen molar-refractivity contribution in [2.45, 2.75) is 69.2 Å². The van der Waals surface area contributed by atoms with Crippen molar-refractivity contribution in [2.75, 3.05) is 42.8 Å². The zero-order valence-electron chi connectivity index (χ0n) is 33.9. The van der Waals surface area contributed by atoms with Crippen LogP contribution in [0, 0.1) is 23.2 Å². The van der Waals surface area contributed by atoms with Gasteiger partial charge in [0.1, 0.15) is 30.2 Å². The number of carbonyl (C=O) groups excluding carboxylic acids is 2. The van der Waals surface area contributed by atoms with E-state index in [1.165, 1.54) is 28.1 Å². The van der Waals surface area contributed by atoms with Gasteiger partial charge in [0, 0.05) is 17.4 Å². The summed E-state index contributed by atoms with van der Waals surface area (Å²) in [6, 6.07) is 10.3. The Labute approximate surface area is 362 Å². The van der Waals surface area contributed by atoms with Crippen LogP contribution < -0.4 is 16.2 Å². The number of nitriles is 1. The molecule has 4 aliphatic rings. The van der Waals surface area contributed by atoms with Gasteiger partial charge >= 0.3 is 7.82 Å².